The second-order valence-corrected chi connectivity index (χ2v) is 2.75. The monoisotopic (exact) mass is 180 g/mol. The Balaban J connectivity index is 2.90. The van der Waals surface area contributed by atoms with E-state index in [2.05, 4.69) is 0 Å². The summed E-state index contributed by atoms with van der Waals surface area (Å²) in [6.45, 7) is 0. The van der Waals surface area contributed by atoms with Crippen LogP contribution in [0.5, 0.6) is 0 Å². The molecule has 2 nitrogen and oxygen atoms in total. The van der Waals surface area contributed by atoms with Crippen LogP contribution in [0.3, 0.4) is 0 Å². The number of carbonyl (C=O) groups is 1. The minimum atomic E-state index is 0.159. The van der Waals surface area contributed by atoms with E-state index >= 15 is 0 Å². The summed E-state index contributed by atoms with van der Waals surface area (Å²) >= 11 is 5.67. The predicted octanol–water partition coefficient (Wildman–Crippen LogP) is 2.90. The molecule has 1 aromatic heterocycles. The van der Waals surface area contributed by atoms with E-state index in [1.807, 2.05) is 12.1 Å². The van der Waals surface area contributed by atoms with E-state index < -0.39 is 0 Å². The van der Waals surface area contributed by atoms with Crippen molar-refractivity contribution in [1.82, 2.24) is 0 Å². The molecular formula is C9H5ClO2. The van der Waals surface area contributed by atoms with Crippen LogP contribution in [0.25, 0.3) is 11.0 Å². The number of fused-ring (bicyclic) bond motifs is 1. The number of hydrogen-bond donors (Lipinski definition) is 0. The van der Waals surface area contributed by atoms with Gasteiger partial charge in [-0.2, -0.15) is 0 Å². The summed E-state index contributed by atoms with van der Waals surface area (Å²) in [6.07, 6.45) is 0.703. The van der Waals surface area contributed by atoms with Crippen LogP contribution < -0.4 is 0 Å². The third-order valence-electron chi connectivity index (χ3n) is 1.71. The van der Waals surface area contributed by atoms with Gasteiger partial charge in [-0.05, 0) is 17.7 Å². The van der Waals surface area contributed by atoms with Crippen molar-refractivity contribution in [1.29, 1.82) is 0 Å². The van der Waals surface area contributed by atoms with Gasteiger partial charge in [0, 0.05) is 5.39 Å². The maximum atomic E-state index is 10.6. The molecule has 0 bridgehead atoms. The number of carbonyl (C=O) groups excluding carboxylic acids is 1. The zero-order chi connectivity index (χ0) is 8.55. The first-order valence-corrected chi connectivity index (χ1v) is 3.83. The largest absolute Gasteiger partial charge is 0.444 e. The van der Waals surface area contributed by atoms with Crippen molar-refractivity contribution in [2.24, 2.45) is 0 Å². The van der Waals surface area contributed by atoms with Crippen LogP contribution in [0, 0.1) is 0 Å². The Bertz CT molecular complexity index is 431. The Morgan fingerprint density at radius 2 is 2.08 bits per heavy atom. The Morgan fingerprint density at radius 3 is 2.83 bits per heavy atom. The summed E-state index contributed by atoms with van der Waals surface area (Å²) in [6, 6.07) is 7.24. The van der Waals surface area contributed by atoms with E-state index in [1.54, 1.807) is 12.1 Å². The number of furan rings is 1. The summed E-state index contributed by atoms with van der Waals surface area (Å²) in [4.78, 5) is 10.6. The fraction of sp³-hybridized carbons (Fsp3) is 0. The van der Waals surface area contributed by atoms with Gasteiger partial charge in [0.25, 0.3) is 0 Å². The van der Waals surface area contributed by atoms with Crippen LogP contribution in [0.4, 0.5) is 0 Å². The standard InChI is InChI=1S/C9H5ClO2/c10-9-7(5-11)6-3-1-2-4-8(6)12-9/h1-5H. The molecule has 60 valence electrons. The summed E-state index contributed by atoms with van der Waals surface area (Å²) < 4.78 is 5.12. The molecule has 2 aromatic rings. The van der Waals surface area contributed by atoms with Crippen molar-refractivity contribution in [3.05, 3.63) is 35.0 Å². The van der Waals surface area contributed by atoms with Crippen molar-refractivity contribution in [3.63, 3.8) is 0 Å². The SMILES string of the molecule is O=Cc1c(Cl)oc2ccccc12. The smallest absolute Gasteiger partial charge is 0.205 e. The lowest BCUT2D eigenvalue weighted by Crippen LogP contribution is -1.74. The molecule has 0 amide bonds. The Labute approximate surface area is 73.7 Å². The van der Waals surface area contributed by atoms with E-state index in [4.69, 9.17) is 16.0 Å². The van der Waals surface area contributed by atoms with E-state index in [-0.39, 0.29) is 5.22 Å². The lowest BCUT2D eigenvalue weighted by Gasteiger charge is -1.84. The molecule has 0 saturated carbocycles. The van der Waals surface area contributed by atoms with Gasteiger partial charge in [-0.15, -0.1) is 0 Å². The fourth-order valence-electron chi connectivity index (χ4n) is 1.15. The lowest BCUT2D eigenvalue weighted by molar-refractivity contribution is 0.112. The summed E-state index contributed by atoms with van der Waals surface area (Å²) in [5, 5.41) is 0.920. The van der Waals surface area contributed by atoms with Gasteiger partial charge in [-0.25, -0.2) is 0 Å². The van der Waals surface area contributed by atoms with E-state index in [9.17, 15) is 4.79 Å². The van der Waals surface area contributed by atoms with Crippen molar-refractivity contribution >= 4 is 28.9 Å². The Hall–Kier alpha value is -1.28. The molecule has 0 aliphatic heterocycles. The van der Waals surface area contributed by atoms with Gasteiger partial charge in [0.05, 0.1) is 5.56 Å². The van der Waals surface area contributed by atoms with Gasteiger partial charge < -0.3 is 4.42 Å². The molecule has 0 fully saturated rings. The summed E-state index contributed by atoms with van der Waals surface area (Å²) in [7, 11) is 0. The van der Waals surface area contributed by atoms with Crippen LogP contribution >= 0.6 is 11.6 Å². The maximum absolute atomic E-state index is 10.6. The second-order valence-electron chi connectivity index (χ2n) is 2.40. The number of rotatable bonds is 1. The van der Waals surface area contributed by atoms with Crippen LogP contribution in [0.15, 0.2) is 28.7 Å². The molecule has 12 heavy (non-hydrogen) atoms. The number of halogens is 1. The molecule has 0 spiro atoms. The third-order valence-corrected chi connectivity index (χ3v) is 1.99. The van der Waals surface area contributed by atoms with Gasteiger partial charge >= 0.3 is 0 Å². The zero-order valence-corrected chi connectivity index (χ0v) is 6.84. The summed E-state index contributed by atoms with van der Waals surface area (Å²) in [5.74, 6) is 0. The first-order chi connectivity index (χ1) is 5.83. The van der Waals surface area contributed by atoms with Gasteiger partial charge in [0.1, 0.15) is 5.58 Å². The minimum Gasteiger partial charge on any atom is -0.444 e. The number of benzene rings is 1. The van der Waals surface area contributed by atoms with E-state index in [0.717, 1.165) is 5.39 Å². The number of hydrogen-bond acceptors (Lipinski definition) is 2. The first kappa shape index (κ1) is 7.37. The molecule has 0 aliphatic rings. The Kier molecular flexibility index (Phi) is 1.62. The van der Waals surface area contributed by atoms with Crippen LogP contribution in [0.2, 0.25) is 5.22 Å². The van der Waals surface area contributed by atoms with Gasteiger partial charge in [0.15, 0.2) is 6.29 Å². The molecule has 3 heteroatoms. The molecule has 1 aromatic carbocycles. The highest BCUT2D eigenvalue weighted by molar-refractivity contribution is 6.33. The maximum Gasteiger partial charge on any atom is 0.205 e. The van der Waals surface area contributed by atoms with Crippen molar-refractivity contribution in [3.8, 4) is 0 Å². The molecule has 0 atom stereocenters. The molecule has 0 saturated heterocycles. The molecule has 0 radical (unpaired) electrons. The lowest BCUT2D eigenvalue weighted by atomic mass is 10.2. The highest BCUT2D eigenvalue weighted by Gasteiger charge is 2.09. The van der Waals surface area contributed by atoms with E-state index in [0.29, 0.717) is 17.4 Å². The molecule has 1 heterocycles. The van der Waals surface area contributed by atoms with Crippen molar-refractivity contribution in [2.45, 2.75) is 0 Å². The normalized spacial score (nSPS) is 10.4. The van der Waals surface area contributed by atoms with Crippen LogP contribution in [-0.2, 0) is 0 Å². The third kappa shape index (κ3) is 0.924. The topological polar surface area (TPSA) is 30.2 Å². The van der Waals surface area contributed by atoms with Crippen molar-refractivity contribution in [2.75, 3.05) is 0 Å². The Morgan fingerprint density at radius 1 is 1.33 bits per heavy atom. The minimum absolute atomic E-state index is 0.159. The fourth-order valence-corrected chi connectivity index (χ4v) is 1.37. The number of para-hydroxylation sites is 1. The first-order valence-electron chi connectivity index (χ1n) is 3.45. The quantitative estimate of drug-likeness (QED) is 0.632. The average molecular weight is 181 g/mol. The van der Waals surface area contributed by atoms with Gasteiger partial charge in [-0.1, -0.05) is 18.2 Å². The molecule has 0 aliphatic carbocycles. The average Bonchev–Trinajstić information content (AvgIpc) is 2.40. The molecule has 2 rings (SSSR count). The molecular weight excluding hydrogens is 176 g/mol. The van der Waals surface area contributed by atoms with Crippen molar-refractivity contribution < 1.29 is 9.21 Å². The van der Waals surface area contributed by atoms with Crippen LogP contribution in [0.1, 0.15) is 10.4 Å². The predicted molar refractivity (Wildman–Crippen MR) is 46.6 cm³/mol. The van der Waals surface area contributed by atoms with Crippen LogP contribution in [-0.4, -0.2) is 6.29 Å². The number of aldehydes is 1. The second kappa shape index (κ2) is 2.64. The molecule has 0 unspecified atom stereocenters. The van der Waals surface area contributed by atoms with Gasteiger partial charge in [-0.3, -0.25) is 4.79 Å². The van der Waals surface area contributed by atoms with E-state index in [1.165, 1.54) is 0 Å². The highest BCUT2D eigenvalue weighted by Crippen LogP contribution is 2.27. The highest BCUT2D eigenvalue weighted by atomic mass is 35.5. The molecule has 0 N–H and O–H groups in total. The summed E-state index contributed by atoms with van der Waals surface area (Å²) in [5.41, 5.74) is 1.07. The zero-order valence-electron chi connectivity index (χ0n) is 6.08. The van der Waals surface area contributed by atoms with Gasteiger partial charge in [0.2, 0.25) is 5.22 Å².